The van der Waals surface area contributed by atoms with Gasteiger partial charge in [-0.2, -0.15) is 0 Å². The highest BCUT2D eigenvalue weighted by Crippen LogP contribution is 2.35. The highest BCUT2D eigenvalue weighted by molar-refractivity contribution is 7.99. The molecule has 1 unspecified atom stereocenters. The smallest absolute Gasteiger partial charge is 0.126 e. The maximum Gasteiger partial charge on any atom is 0.126 e. The first-order chi connectivity index (χ1) is 17.1. The molecule has 3 atom stereocenters. The minimum absolute atomic E-state index is 0.172. The number of methoxy groups -OCH3 is 1. The summed E-state index contributed by atoms with van der Waals surface area (Å²) in [6.45, 7) is 5.28. The Morgan fingerprint density at radius 2 is 2.00 bits per heavy atom. The van der Waals surface area contributed by atoms with Gasteiger partial charge in [0.25, 0.3) is 0 Å². The molecule has 1 fully saturated rings. The highest BCUT2D eigenvalue weighted by atomic mass is 32.2. The molecule has 188 valence electrons. The summed E-state index contributed by atoms with van der Waals surface area (Å²) in [4.78, 5) is 8.17. The van der Waals surface area contributed by atoms with Crippen molar-refractivity contribution in [3.05, 3.63) is 65.9 Å². The second-order valence-corrected chi connectivity index (χ2v) is 10.8. The molecule has 1 aliphatic heterocycles. The number of alkyl halides is 1. The number of fused-ring (bicyclic) bond motifs is 1. The summed E-state index contributed by atoms with van der Waals surface area (Å²) in [6.07, 6.45) is 4.04. The van der Waals surface area contributed by atoms with E-state index >= 15 is 4.39 Å². The van der Waals surface area contributed by atoms with Crippen molar-refractivity contribution in [2.45, 2.75) is 43.7 Å². The number of aliphatic hydroxyl groups excluding tert-OH is 1. The fourth-order valence-corrected chi connectivity index (χ4v) is 5.96. The van der Waals surface area contributed by atoms with Crippen molar-refractivity contribution in [2.75, 3.05) is 39.1 Å². The van der Waals surface area contributed by atoms with Gasteiger partial charge in [0.1, 0.15) is 11.9 Å². The summed E-state index contributed by atoms with van der Waals surface area (Å²) in [5.41, 5.74) is 2.76. The Kier molecular flexibility index (Phi) is 9.41. The second-order valence-electron chi connectivity index (χ2n) is 9.64. The fraction of sp³-hybridized carbons (Fsp3) is 0.483. The number of aromatic nitrogens is 1. The Morgan fingerprint density at radius 3 is 2.77 bits per heavy atom. The van der Waals surface area contributed by atoms with Crippen molar-refractivity contribution in [1.82, 2.24) is 9.88 Å². The summed E-state index contributed by atoms with van der Waals surface area (Å²) in [6, 6.07) is 16.1. The third-order valence-electron chi connectivity index (χ3n) is 7.23. The molecule has 0 saturated carbocycles. The SMILES string of the molecule is COc1ccc2nccc(C(F)CC[C@@H]3CCN(CCCSc4ccc(C)cc4)C[C@@H]3CO)c2c1. The molecule has 2 heterocycles. The molecule has 0 radical (unpaired) electrons. The Morgan fingerprint density at radius 1 is 1.17 bits per heavy atom. The van der Waals surface area contributed by atoms with E-state index in [0.29, 0.717) is 23.7 Å². The normalized spacial score (nSPS) is 19.7. The van der Waals surface area contributed by atoms with Gasteiger partial charge >= 0.3 is 0 Å². The van der Waals surface area contributed by atoms with E-state index in [1.807, 2.05) is 30.0 Å². The van der Waals surface area contributed by atoms with Crippen LogP contribution in [0.3, 0.4) is 0 Å². The summed E-state index contributed by atoms with van der Waals surface area (Å²) in [5.74, 6) is 2.39. The average molecular weight is 497 g/mol. The largest absolute Gasteiger partial charge is 0.497 e. The number of halogens is 1. The molecule has 4 rings (SSSR count). The molecule has 4 nitrogen and oxygen atoms in total. The number of hydrogen-bond donors (Lipinski definition) is 1. The van der Waals surface area contributed by atoms with Crippen LogP contribution in [-0.2, 0) is 0 Å². The quantitative estimate of drug-likeness (QED) is 0.244. The van der Waals surface area contributed by atoms with E-state index in [1.165, 1.54) is 10.5 Å². The predicted molar refractivity (Wildman–Crippen MR) is 143 cm³/mol. The Labute approximate surface area is 212 Å². The van der Waals surface area contributed by atoms with E-state index in [4.69, 9.17) is 4.74 Å². The van der Waals surface area contributed by atoms with E-state index < -0.39 is 6.17 Å². The molecule has 35 heavy (non-hydrogen) atoms. The molecule has 1 saturated heterocycles. The van der Waals surface area contributed by atoms with E-state index in [2.05, 4.69) is 41.1 Å². The van der Waals surface area contributed by atoms with Crippen LogP contribution in [0.4, 0.5) is 4.39 Å². The Bertz CT molecular complexity index is 1080. The van der Waals surface area contributed by atoms with E-state index in [9.17, 15) is 5.11 Å². The molecule has 0 spiro atoms. The molecule has 3 aromatic rings. The summed E-state index contributed by atoms with van der Waals surface area (Å²) in [7, 11) is 1.62. The number of hydrogen-bond acceptors (Lipinski definition) is 5. The minimum atomic E-state index is -1.05. The molecule has 2 aromatic carbocycles. The maximum atomic E-state index is 15.4. The maximum absolute atomic E-state index is 15.4. The lowest BCUT2D eigenvalue weighted by atomic mass is 9.81. The van der Waals surface area contributed by atoms with Crippen LogP contribution in [0.5, 0.6) is 5.75 Å². The first-order valence-corrected chi connectivity index (χ1v) is 13.7. The van der Waals surface area contributed by atoms with E-state index in [-0.39, 0.29) is 12.5 Å². The number of piperidine rings is 1. The van der Waals surface area contributed by atoms with Gasteiger partial charge in [-0.15, -0.1) is 11.8 Å². The predicted octanol–water partition coefficient (Wildman–Crippen LogP) is 6.46. The van der Waals surface area contributed by atoms with Crippen LogP contribution < -0.4 is 4.74 Å². The van der Waals surface area contributed by atoms with Gasteiger partial charge in [-0.1, -0.05) is 17.7 Å². The summed E-state index contributed by atoms with van der Waals surface area (Å²) >= 11 is 1.91. The second kappa shape index (κ2) is 12.7. The molecule has 1 aromatic heterocycles. The van der Waals surface area contributed by atoms with Crippen molar-refractivity contribution in [3.63, 3.8) is 0 Å². The number of likely N-dealkylation sites (tertiary alicyclic amines) is 1. The molecule has 0 amide bonds. The van der Waals surface area contributed by atoms with Gasteiger partial charge in [0, 0.05) is 29.6 Å². The monoisotopic (exact) mass is 496 g/mol. The highest BCUT2D eigenvalue weighted by Gasteiger charge is 2.29. The van der Waals surface area contributed by atoms with Crippen LogP contribution in [0.1, 0.15) is 43.0 Å². The average Bonchev–Trinajstić information content (AvgIpc) is 2.90. The fourth-order valence-electron chi connectivity index (χ4n) is 5.12. The molecule has 0 bridgehead atoms. The summed E-state index contributed by atoms with van der Waals surface area (Å²) in [5, 5.41) is 10.9. The van der Waals surface area contributed by atoms with Crippen molar-refractivity contribution >= 4 is 22.7 Å². The van der Waals surface area contributed by atoms with Gasteiger partial charge in [-0.3, -0.25) is 4.98 Å². The van der Waals surface area contributed by atoms with Gasteiger partial charge < -0.3 is 14.7 Å². The van der Waals surface area contributed by atoms with Crippen LogP contribution in [0, 0.1) is 18.8 Å². The van der Waals surface area contributed by atoms with Crippen LogP contribution >= 0.6 is 11.8 Å². The molecule has 1 N–H and O–H groups in total. The number of nitrogens with zero attached hydrogens (tertiary/aromatic N) is 2. The van der Waals surface area contributed by atoms with Crippen LogP contribution in [-0.4, -0.2) is 54.1 Å². The van der Waals surface area contributed by atoms with Crippen molar-refractivity contribution in [3.8, 4) is 5.75 Å². The van der Waals surface area contributed by atoms with Crippen molar-refractivity contribution in [2.24, 2.45) is 11.8 Å². The Hall–Kier alpha value is -2.15. The third-order valence-corrected chi connectivity index (χ3v) is 8.33. The topological polar surface area (TPSA) is 45.6 Å². The zero-order valence-corrected chi connectivity index (χ0v) is 21.6. The van der Waals surface area contributed by atoms with Gasteiger partial charge in [-0.05, 0) is 105 Å². The van der Waals surface area contributed by atoms with Gasteiger partial charge in [0.2, 0.25) is 0 Å². The Balaban J connectivity index is 1.25. The lowest BCUT2D eigenvalue weighted by Gasteiger charge is -2.38. The first-order valence-electron chi connectivity index (χ1n) is 12.7. The van der Waals surface area contributed by atoms with Gasteiger partial charge in [0.15, 0.2) is 0 Å². The number of pyridine rings is 1. The number of benzene rings is 2. The molecular formula is C29H37FN2O2S. The van der Waals surface area contributed by atoms with E-state index in [0.717, 1.165) is 55.6 Å². The third kappa shape index (κ3) is 6.96. The molecule has 6 heteroatoms. The lowest BCUT2D eigenvalue weighted by Crippen LogP contribution is -2.42. The zero-order chi connectivity index (χ0) is 24.6. The van der Waals surface area contributed by atoms with Crippen LogP contribution in [0.25, 0.3) is 10.9 Å². The molecule has 1 aliphatic rings. The number of aryl methyl sites for hydroxylation is 1. The first kappa shape index (κ1) is 25.9. The molecular weight excluding hydrogens is 459 g/mol. The number of ether oxygens (including phenoxy) is 1. The molecule has 0 aliphatic carbocycles. The minimum Gasteiger partial charge on any atom is -0.497 e. The number of rotatable bonds is 11. The van der Waals surface area contributed by atoms with E-state index in [1.54, 1.807) is 19.4 Å². The summed E-state index contributed by atoms with van der Waals surface area (Å²) < 4.78 is 20.7. The lowest BCUT2D eigenvalue weighted by molar-refractivity contribution is 0.0640. The standard InChI is InChI=1S/C29H37FN2O2S/c1-21-4-8-25(9-5-21)35-17-3-15-32-16-13-22(23(19-32)20-33)6-10-28(30)26-12-14-31-29-11-7-24(34-2)18-27(26)29/h4-5,7-9,11-12,14,18,22-23,28,33H,3,6,10,13,15-17,19-20H2,1-2H3/t22-,23-,28?/m1/s1. The zero-order valence-electron chi connectivity index (χ0n) is 20.8. The van der Waals surface area contributed by atoms with Gasteiger partial charge in [0.05, 0.1) is 12.6 Å². The van der Waals surface area contributed by atoms with Gasteiger partial charge in [-0.25, -0.2) is 4.39 Å². The number of thioether (sulfide) groups is 1. The van der Waals surface area contributed by atoms with Crippen LogP contribution in [0.2, 0.25) is 0 Å². The van der Waals surface area contributed by atoms with Crippen molar-refractivity contribution < 1.29 is 14.2 Å². The number of aliphatic hydroxyl groups is 1. The van der Waals surface area contributed by atoms with Crippen LogP contribution in [0.15, 0.2) is 59.6 Å². The van der Waals surface area contributed by atoms with Crippen molar-refractivity contribution in [1.29, 1.82) is 0 Å².